The number of aromatic nitrogens is 1. The summed E-state index contributed by atoms with van der Waals surface area (Å²) in [6.07, 6.45) is 4.51. The lowest BCUT2D eigenvalue weighted by Crippen LogP contribution is -2.54. The maximum Gasteiger partial charge on any atom is 0.260 e. The van der Waals surface area contributed by atoms with E-state index in [2.05, 4.69) is 9.88 Å². The summed E-state index contributed by atoms with van der Waals surface area (Å²) in [5.74, 6) is -0.304. The van der Waals surface area contributed by atoms with Gasteiger partial charge in [0.05, 0.1) is 13.2 Å². The number of rotatable bonds is 2. The number of piperidine rings is 1. The van der Waals surface area contributed by atoms with Gasteiger partial charge in [0, 0.05) is 43.2 Å². The van der Waals surface area contributed by atoms with Crippen molar-refractivity contribution in [1.29, 1.82) is 0 Å². The van der Waals surface area contributed by atoms with Crippen molar-refractivity contribution in [2.45, 2.75) is 31.4 Å². The van der Waals surface area contributed by atoms with Crippen LogP contribution in [-0.4, -0.2) is 60.9 Å². The van der Waals surface area contributed by atoms with Gasteiger partial charge in [-0.15, -0.1) is 11.3 Å². The summed E-state index contributed by atoms with van der Waals surface area (Å²) in [4.78, 5) is 20.8. The first kappa shape index (κ1) is 15.3. The van der Waals surface area contributed by atoms with E-state index in [-0.39, 0.29) is 11.3 Å². The van der Waals surface area contributed by atoms with Crippen LogP contribution in [0.5, 0.6) is 0 Å². The third kappa shape index (κ3) is 2.96. The second-order valence-electron chi connectivity index (χ2n) is 7.08. The second kappa shape index (κ2) is 5.70. The van der Waals surface area contributed by atoms with Crippen LogP contribution < -0.4 is 4.90 Å². The minimum atomic E-state index is -1.57. The molecule has 0 aromatic carbocycles. The third-order valence-corrected chi connectivity index (χ3v) is 5.98. The summed E-state index contributed by atoms with van der Waals surface area (Å²) in [6, 6.07) is 0. The number of anilines is 1. The van der Waals surface area contributed by atoms with Crippen LogP contribution in [0.15, 0.2) is 11.6 Å². The zero-order chi connectivity index (χ0) is 15.9. The molecule has 1 aromatic heterocycles. The van der Waals surface area contributed by atoms with Gasteiger partial charge in [-0.2, -0.15) is 0 Å². The fourth-order valence-corrected chi connectivity index (χ4v) is 4.43. The van der Waals surface area contributed by atoms with Crippen molar-refractivity contribution >= 4 is 22.4 Å². The fraction of sp³-hybridized carbons (Fsp3) is 0.750. The van der Waals surface area contributed by atoms with Crippen molar-refractivity contribution in [2.24, 2.45) is 5.41 Å². The first-order chi connectivity index (χ1) is 11.1. The van der Waals surface area contributed by atoms with Crippen molar-refractivity contribution in [3.05, 3.63) is 11.6 Å². The van der Waals surface area contributed by atoms with E-state index in [1.54, 1.807) is 16.2 Å². The number of amides is 1. The smallest absolute Gasteiger partial charge is 0.260 e. The lowest BCUT2D eigenvalue weighted by atomic mass is 9.80. The Morgan fingerprint density at radius 2 is 2.17 bits per heavy atom. The second-order valence-corrected chi connectivity index (χ2v) is 7.96. The lowest BCUT2D eigenvalue weighted by molar-refractivity contribution is -0.142. The maximum absolute atomic E-state index is 14.2. The van der Waals surface area contributed by atoms with Crippen LogP contribution >= 0.6 is 11.3 Å². The van der Waals surface area contributed by atoms with E-state index in [4.69, 9.17) is 4.74 Å². The Balaban J connectivity index is 1.52. The molecule has 1 amide bonds. The van der Waals surface area contributed by atoms with Crippen molar-refractivity contribution < 1.29 is 13.9 Å². The molecule has 4 rings (SSSR count). The van der Waals surface area contributed by atoms with E-state index in [1.807, 2.05) is 11.6 Å². The van der Waals surface area contributed by atoms with Crippen LogP contribution in [0.3, 0.4) is 0 Å². The number of nitrogens with zero attached hydrogens (tertiary/aromatic N) is 3. The summed E-state index contributed by atoms with van der Waals surface area (Å²) in [5, 5.41) is 2.98. The topological polar surface area (TPSA) is 45.7 Å². The molecule has 3 aliphatic rings. The Morgan fingerprint density at radius 1 is 1.30 bits per heavy atom. The van der Waals surface area contributed by atoms with E-state index in [9.17, 15) is 9.18 Å². The molecule has 1 aliphatic carbocycles. The number of carbonyl (C=O) groups excluding carboxylic acids is 1. The fourth-order valence-electron chi connectivity index (χ4n) is 3.76. The number of likely N-dealkylation sites (tertiary alicyclic amines) is 1. The Morgan fingerprint density at radius 3 is 2.91 bits per heavy atom. The Bertz CT molecular complexity index is 578. The van der Waals surface area contributed by atoms with E-state index in [1.165, 1.54) is 0 Å². The van der Waals surface area contributed by atoms with Crippen molar-refractivity contribution in [3.8, 4) is 0 Å². The van der Waals surface area contributed by atoms with Crippen molar-refractivity contribution in [2.75, 3.05) is 44.3 Å². The highest BCUT2D eigenvalue weighted by atomic mass is 32.1. The Hall–Kier alpha value is -1.21. The molecule has 5 nitrogen and oxygen atoms in total. The zero-order valence-electron chi connectivity index (χ0n) is 13.2. The molecule has 1 atom stereocenters. The molecular weight excluding hydrogens is 317 g/mol. The minimum Gasteiger partial charge on any atom is -0.379 e. The van der Waals surface area contributed by atoms with Gasteiger partial charge >= 0.3 is 0 Å². The van der Waals surface area contributed by atoms with Crippen LogP contribution in [0, 0.1) is 5.41 Å². The van der Waals surface area contributed by atoms with E-state index < -0.39 is 5.67 Å². The highest BCUT2D eigenvalue weighted by Gasteiger charge is 2.54. The number of hydrogen-bond donors (Lipinski definition) is 0. The van der Waals surface area contributed by atoms with Gasteiger partial charge in [-0.25, -0.2) is 9.37 Å². The van der Waals surface area contributed by atoms with Crippen LogP contribution in [0.4, 0.5) is 9.52 Å². The molecule has 7 heteroatoms. The number of carbonyl (C=O) groups is 1. The monoisotopic (exact) mass is 339 g/mol. The van der Waals surface area contributed by atoms with Gasteiger partial charge in [-0.3, -0.25) is 4.79 Å². The molecule has 3 fully saturated rings. The van der Waals surface area contributed by atoms with Gasteiger partial charge in [0.2, 0.25) is 0 Å². The van der Waals surface area contributed by atoms with E-state index in [0.717, 1.165) is 31.1 Å². The molecule has 1 spiro atoms. The largest absolute Gasteiger partial charge is 0.379 e. The summed E-state index contributed by atoms with van der Waals surface area (Å²) in [7, 11) is 0. The molecule has 1 aromatic rings. The van der Waals surface area contributed by atoms with Gasteiger partial charge in [0.15, 0.2) is 10.8 Å². The Labute approximate surface area is 139 Å². The predicted octanol–water partition coefficient (Wildman–Crippen LogP) is 2.09. The Kier molecular flexibility index (Phi) is 3.80. The number of ether oxygens (including phenoxy) is 1. The van der Waals surface area contributed by atoms with Gasteiger partial charge in [0.25, 0.3) is 5.91 Å². The molecule has 1 saturated carbocycles. The highest BCUT2D eigenvalue weighted by molar-refractivity contribution is 7.13. The zero-order valence-corrected chi connectivity index (χ0v) is 14.0. The van der Waals surface area contributed by atoms with Gasteiger partial charge < -0.3 is 14.5 Å². The molecule has 2 saturated heterocycles. The van der Waals surface area contributed by atoms with Crippen LogP contribution in [-0.2, 0) is 9.53 Å². The van der Waals surface area contributed by atoms with Crippen LogP contribution in [0.25, 0.3) is 0 Å². The van der Waals surface area contributed by atoms with Crippen LogP contribution in [0.2, 0.25) is 0 Å². The summed E-state index contributed by atoms with van der Waals surface area (Å²) in [6.45, 7) is 4.21. The van der Waals surface area contributed by atoms with Crippen molar-refractivity contribution in [3.63, 3.8) is 0 Å². The molecule has 3 heterocycles. The number of halogens is 1. The molecule has 0 N–H and O–H groups in total. The first-order valence-corrected chi connectivity index (χ1v) is 9.19. The van der Waals surface area contributed by atoms with Crippen molar-refractivity contribution in [1.82, 2.24) is 9.88 Å². The quantitative estimate of drug-likeness (QED) is 0.828. The molecule has 126 valence electrons. The first-order valence-electron chi connectivity index (χ1n) is 8.31. The van der Waals surface area contributed by atoms with E-state index >= 15 is 0 Å². The number of thiazole rings is 1. The minimum absolute atomic E-state index is 0.110. The lowest BCUT2D eigenvalue weighted by Gasteiger charge is -2.43. The molecule has 2 aliphatic heterocycles. The standard InChI is InChI=1S/C16H22FN3O2S/c17-16(3-4-16)13(21)19-6-1-2-15(10-19)11-20(7-8-22-12-15)14-18-5-9-23-14/h5,9H,1-4,6-8,10-12H2. The van der Waals surface area contributed by atoms with Gasteiger partial charge in [0.1, 0.15) is 0 Å². The third-order valence-electron chi connectivity index (χ3n) is 5.15. The normalized spacial score (nSPS) is 30.3. The summed E-state index contributed by atoms with van der Waals surface area (Å²) >= 11 is 1.63. The molecule has 1 unspecified atom stereocenters. The molecule has 23 heavy (non-hydrogen) atoms. The number of hydrogen-bond acceptors (Lipinski definition) is 5. The molecular formula is C16H22FN3O2S. The van der Waals surface area contributed by atoms with Crippen LogP contribution in [0.1, 0.15) is 25.7 Å². The molecule has 0 radical (unpaired) electrons. The average Bonchev–Trinajstić information content (AvgIpc) is 3.14. The summed E-state index contributed by atoms with van der Waals surface area (Å²) < 4.78 is 20.0. The predicted molar refractivity (Wildman–Crippen MR) is 86.5 cm³/mol. The maximum atomic E-state index is 14.2. The highest BCUT2D eigenvalue weighted by Crippen LogP contribution is 2.43. The SMILES string of the molecule is O=C(N1CCCC2(COCCN(c3nccs3)C2)C1)C1(F)CC1. The average molecular weight is 339 g/mol. The van der Waals surface area contributed by atoms with Gasteiger partial charge in [-0.1, -0.05) is 0 Å². The van der Waals surface area contributed by atoms with Gasteiger partial charge in [-0.05, 0) is 25.7 Å². The molecule has 0 bridgehead atoms. The van der Waals surface area contributed by atoms with E-state index in [0.29, 0.717) is 39.1 Å². The number of alkyl halides is 1. The summed E-state index contributed by atoms with van der Waals surface area (Å²) in [5.41, 5.74) is -1.68.